The van der Waals surface area contributed by atoms with Gasteiger partial charge in [-0.25, -0.2) is 4.57 Å². The Morgan fingerprint density at radius 1 is 0.585 bits per heavy atom. The predicted octanol–water partition coefficient (Wildman–Crippen LogP) is 11.7. The summed E-state index contributed by atoms with van der Waals surface area (Å²) in [7, 11) is -4.38. The summed E-state index contributed by atoms with van der Waals surface area (Å²) >= 11 is 0. The average Bonchev–Trinajstić information content (AvgIpc) is 3.14. The summed E-state index contributed by atoms with van der Waals surface area (Å²) in [6.45, 7) is 3.55. The Bertz CT molecular complexity index is 1050. The Labute approximate surface area is 323 Å². The molecule has 0 aromatic heterocycles. The van der Waals surface area contributed by atoms with Crippen LogP contribution in [-0.2, 0) is 32.7 Å². The number of esters is 2. The number of hydrogen-bond acceptors (Lipinski definition) is 8. The Morgan fingerprint density at radius 2 is 1.04 bits per heavy atom. The van der Waals surface area contributed by atoms with Gasteiger partial charge in [0.2, 0.25) is 0 Å². The highest BCUT2D eigenvalue weighted by atomic mass is 31.2. The molecule has 0 heterocycles. The third-order valence-corrected chi connectivity index (χ3v) is 9.37. The molecular weight excluding hydrogens is 689 g/mol. The van der Waals surface area contributed by atoms with E-state index in [-0.39, 0.29) is 32.6 Å². The number of rotatable bonds is 38. The lowest BCUT2D eigenvalue weighted by Gasteiger charge is -2.19. The fourth-order valence-corrected chi connectivity index (χ4v) is 6.09. The van der Waals surface area contributed by atoms with Crippen molar-refractivity contribution in [2.24, 2.45) is 5.73 Å². The summed E-state index contributed by atoms with van der Waals surface area (Å²) in [5.41, 5.74) is 5.34. The first-order valence-corrected chi connectivity index (χ1v) is 22.3. The van der Waals surface area contributed by atoms with E-state index < -0.39 is 32.5 Å². The Morgan fingerprint density at radius 3 is 1.55 bits per heavy atom. The molecule has 0 rings (SSSR count). The standard InChI is InChI=1S/C43H76NO8P/c1-3-5-7-9-11-13-15-17-19-20-22-23-25-27-29-31-33-35-42(45)49-39-41(40-51-53(47,48)50-38-37-44)52-43(46)36-34-32-30-28-26-24-21-18-16-14-12-10-8-6-4-2/h6,8,11-14,17-19,21,41H,3-5,7,9-10,15-16,20,22-40,44H2,1-2H3,(H,47,48)/t41-/m1/s1. The van der Waals surface area contributed by atoms with Crippen LogP contribution in [0.25, 0.3) is 0 Å². The molecule has 0 aliphatic heterocycles. The quantitative estimate of drug-likeness (QED) is 0.0272. The Balaban J connectivity index is 4.22. The lowest BCUT2D eigenvalue weighted by molar-refractivity contribution is -0.161. The van der Waals surface area contributed by atoms with Crippen LogP contribution in [0.2, 0.25) is 0 Å². The number of allylic oxidation sites excluding steroid dienone is 10. The predicted molar refractivity (Wildman–Crippen MR) is 219 cm³/mol. The first-order chi connectivity index (χ1) is 25.8. The van der Waals surface area contributed by atoms with Crippen LogP contribution in [0.5, 0.6) is 0 Å². The van der Waals surface area contributed by atoms with Gasteiger partial charge in [-0.2, -0.15) is 0 Å². The second-order valence-corrected chi connectivity index (χ2v) is 14.9. The first-order valence-electron chi connectivity index (χ1n) is 20.8. The molecule has 1 unspecified atom stereocenters. The third-order valence-electron chi connectivity index (χ3n) is 8.39. The molecule has 0 radical (unpaired) electrons. The number of carbonyl (C=O) groups excluding carboxylic acids is 2. The van der Waals surface area contributed by atoms with E-state index in [1.54, 1.807) is 0 Å². The Hall–Kier alpha value is -2.29. The van der Waals surface area contributed by atoms with E-state index in [9.17, 15) is 19.0 Å². The third kappa shape index (κ3) is 39.2. The zero-order chi connectivity index (χ0) is 38.9. The number of phosphoric ester groups is 1. The lowest BCUT2D eigenvalue weighted by atomic mass is 10.1. The molecule has 10 heteroatoms. The number of carbonyl (C=O) groups is 2. The monoisotopic (exact) mass is 766 g/mol. The van der Waals surface area contributed by atoms with Gasteiger partial charge in [-0.3, -0.25) is 18.6 Å². The normalized spacial score (nSPS) is 14.0. The summed E-state index contributed by atoms with van der Waals surface area (Å²) in [5, 5.41) is 0. The second-order valence-electron chi connectivity index (χ2n) is 13.5. The van der Waals surface area contributed by atoms with Crippen LogP contribution in [0.3, 0.4) is 0 Å². The number of unbranched alkanes of at least 4 members (excludes halogenated alkanes) is 15. The number of phosphoric acid groups is 1. The minimum Gasteiger partial charge on any atom is -0.462 e. The molecule has 0 amide bonds. The highest BCUT2D eigenvalue weighted by Gasteiger charge is 2.25. The Kier molecular flexibility index (Phi) is 37.7. The fourth-order valence-electron chi connectivity index (χ4n) is 5.32. The summed E-state index contributed by atoms with van der Waals surface area (Å²) in [6.07, 6.45) is 45.3. The number of ether oxygens (including phenoxy) is 2. The summed E-state index contributed by atoms with van der Waals surface area (Å²) < 4.78 is 32.7. The van der Waals surface area contributed by atoms with Crippen molar-refractivity contribution in [3.05, 3.63) is 60.8 Å². The smallest absolute Gasteiger partial charge is 0.462 e. The van der Waals surface area contributed by atoms with Crippen LogP contribution < -0.4 is 5.73 Å². The van der Waals surface area contributed by atoms with Gasteiger partial charge in [-0.15, -0.1) is 0 Å². The molecule has 53 heavy (non-hydrogen) atoms. The molecule has 0 aliphatic carbocycles. The van der Waals surface area contributed by atoms with Gasteiger partial charge in [0, 0.05) is 19.4 Å². The molecular formula is C43H76NO8P. The highest BCUT2D eigenvalue weighted by molar-refractivity contribution is 7.47. The van der Waals surface area contributed by atoms with E-state index in [0.717, 1.165) is 89.9 Å². The van der Waals surface area contributed by atoms with E-state index in [1.807, 2.05) is 0 Å². The van der Waals surface area contributed by atoms with Crippen molar-refractivity contribution in [1.29, 1.82) is 0 Å². The summed E-state index contributed by atoms with van der Waals surface area (Å²) in [4.78, 5) is 34.8. The highest BCUT2D eigenvalue weighted by Crippen LogP contribution is 2.43. The molecule has 2 atom stereocenters. The van der Waals surface area contributed by atoms with Crippen LogP contribution in [0.15, 0.2) is 60.8 Å². The van der Waals surface area contributed by atoms with Crippen molar-refractivity contribution in [3.63, 3.8) is 0 Å². The van der Waals surface area contributed by atoms with Gasteiger partial charge < -0.3 is 20.1 Å². The van der Waals surface area contributed by atoms with Crippen molar-refractivity contribution in [2.75, 3.05) is 26.4 Å². The van der Waals surface area contributed by atoms with E-state index >= 15 is 0 Å². The SMILES string of the molecule is CCC=CCC=CCC=CCCCCCCCC(=O)O[C@H](COC(=O)CCCCCCCCCC=CCC=CCCCCC)COP(=O)(O)OCCN. The second kappa shape index (κ2) is 39.4. The van der Waals surface area contributed by atoms with Gasteiger partial charge in [-0.05, 0) is 77.0 Å². The molecule has 0 saturated heterocycles. The van der Waals surface area contributed by atoms with Gasteiger partial charge in [0.25, 0.3) is 0 Å². The van der Waals surface area contributed by atoms with Crippen molar-refractivity contribution in [1.82, 2.24) is 0 Å². The topological polar surface area (TPSA) is 134 Å². The molecule has 0 aromatic rings. The molecule has 0 bridgehead atoms. The lowest BCUT2D eigenvalue weighted by Crippen LogP contribution is -2.29. The van der Waals surface area contributed by atoms with Crippen LogP contribution in [0.4, 0.5) is 0 Å². The maximum absolute atomic E-state index is 12.6. The number of hydrogen-bond donors (Lipinski definition) is 2. The van der Waals surface area contributed by atoms with Crippen molar-refractivity contribution in [3.8, 4) is 0 Å². The summed E-state index contributed by atoms with van der Waals surface area (Å²) in [5.74, 6) is -0.862. The maximum atomic E-state index is 12.6. The zero-order valence-electron chi connectivity index (χ0n) is 33.5. The van der Waals surface area contributed by atoms with E-state index in [1.165, 1.54) is 44.9 Å². The van der Waals surface area contributed by atoms with Crippen LogP contribution in [0, 0.1) is 0 Å². The van der Waals surface area contributed by atoms with Gasteiger partial charge >= 0.3 is 19.8 Å². The molecule has 0 fully saturated rings. The summed E-state index contributed by atoms with van der Waals surface area (Å²) in [6, 6.07) is 0. The van der Waals surface area contributed by atoms with Crippen LogP contribution in [0.1, 0.15) is 168 Å². The average molecular weight is 766 g/mol. The van der Waals surface area contributed by atoms with Crippen LogP contribution in [-0.4, -0.2) is 49.3 Å². The molecule has 0 saturated carbocycles. The van der Waals surface area contributed by atoms with Crippen molar-refractivity contribution in [2.45, 2.75) is 174 Å². The van der Waals surface area contributed by atoms with Gasteiger partial charge in [0.1, 0.15) is 6.61 Å². The molecule has 0 spiro atoms. The van der Waals surface area contributed by atoms with Gasteiger partial charge in [0.05, 0.1) is 13.2 Å². The van der Waals surface area contributed by atoms with Crippen molar-refractivity contribution >= 4 is 19.8 Å². The molecule has 9 nitrogen and oxygen atoms in total. The van der Waals surface area contributed by atoms with Gasteiger partial charge in [0.15, 0.2) is 6.10 Å². The molecule has 306 valence electrons. The van der Waals surface area contributed by atoms with E-state index in [0.29, 0.717) is 6.42 Å². The van der Waals surface area contributed by atoms with Crippen LogP contribution >= 0.6 is 7.82 Å². The van der Waals surface area contributed by atoms with Crippen molar-refractivity contribution < 1.29 is 37.6 Å². The fraction of sp³-hybridized carbons (Fsp3) is 0.721. The molecule has 3 N–H and O–H groups in total. The molecule has 0 aliphatic rings. The van der Waals surface area contributed by atoms with E-state index in [2.05, 4.69) is 74.6 Å². The van der Waals surface area contributed by atoms with Gasteiger partial charge in [-0.1, -0.05) is 139 Å². The zero-order valence-corrected chi connectivity index (χ0v) is 34.4. The van der Waals surface area contributed by atoms with E-state index in [4.69, 9.17) is 24.3 Å². The minimum absolute atomic E-state index is 0.0465. The first kappa shape index (κ1) is 50.7. The maximum Gasteiger partial charge on any atom is 0.472 e. The number of nitrogens with two attached hydrogens (primary N) is 1. The minimum atomic E-state index is -4.38. The molecule has 0 aromatic carbocycles. The largest absolute Gasteiger partial charge is 0.472 e.